The van der Waals surface area contributed by atoms with Crippen LogP contribution in [0.1, 0.15) is 12.2 Å². The van der Waals surface area contributed by atoms with Gasteiger partial charge in [-0.15, -0.1) is 10.2 Å². The largest absolute Gasteiger partial charge is 0.402 e. The molecule has 0 spiro atoms. The smallest absolute Gasteiger partial charge is 0.315 e. The molecule has 1 aliphatic rings. The summed E-state index contributed by atoms with van der Waals surface area (Å²) in [5.41, 5.74) is -1.50. The molecule has 0 saturated carbocycles. The Kier molecular flexibility index (Phi) is 2.34. The molecule has 1 fully saturated rings. The minimum Gasteiger partial charge on any atom is -0.315 e. The molecule has 4 nitrogen and oxygen atoms in total. The fourth-order valence-corrected chi connectivity index (χ4v) is 2.42. The minimum atomic E-state index is -4.34. The van der Waals surface area contributed by atoms with Gasteiger partial charge in [0.05, 0.1) is 0 Å². The Morgan fingerprint density at radius 1 is 1.28 bits per heavy atom. The number of fused-ring (bicyclic) bond motifs is 1. The Hall–Kier alpha value is -1.63. The van der Waals surface area contributed by atoms with Crippen LogP contribution in [0.4, 0.5) is 13.2 Å². The number of nitrogens with one attached hydrogen (secondary N) is 1. The summed E-state index contributed by atoms with van der Waals surface area (Å²) in [5, 5.41) is 10.3. The summed E-state index contributed by atoms with van der Waals surface area (Å²) >= 11 is 0. The average Bonchev–Trinajstić information content (AvgIpc) is 2.94. The normalized spacial score (nSPS) is 24.8. The van der Waals surface area contributed by atoms with Crippen LogP contribution in [0.25, 0.3) is 5.65 Å². The molecule has 2 aromatic rings. The molecule has 3 rings (SSSR count). The van der Waals surface area contributed by atoms with E-state index in [1.54, 1.807) is 24.4 Å². The Morgan fingerprint density at radius 2 is 2.11 bits per heavy atom. The lowest BCUT2D eigenvalue weighted by molar-refractivity contribution is -0.187. The van der Waals surface area contributed by atoms with Gasteiger partial charge in [0.1, 0.15) is 5.41 Å². The van der Waals surface area contributed by atoms with Crippen molar-refractivity contribution in [2.75, 3.05) is 13.1 Å². The van der Waals surface area contributed by atoms with Crippen molar-refractivity contribution in [3.05, 3.63) is 30.2 Å². The van der Waals surface area contributed by atoms with E-state index in [-0.39, 0.29) is 18.8 Å². The summed E-state index contributed by atoms with van der Waals surface area (Å²) in [6.45, 7) is 0.188. The van der Waals surface area contributed by atoms with Crippen molar-refractivity contribution < 1.29 is 13.2 Å². The molecule has 18 heavy (non-hydrogen) atoms. The number of aromatic nitrogens is 3. The van der Waals surface area contributed by atoms with Crippen LogP contribution in [0.2, 0.25) is 0 Å². The summed E-state index contributed by atoms with van der Waals surface area (Å²) in [6, 6.07) is 5.04. The molecule has 1 aliphatic heterocycles. The summed E-state index contributed by atoms with van der Waals surface area (Å²) in [7, 11) is 0. The maximum absolute atomic E-state index is 13.4. The zero-order valence-electron chi connectivity index (χ0n) is 9.41. The molecule has 3 heterocycles. The van der Waals surface area contributed by atoms with E-state index in [9.17, 15) is 13.2 Å². The summed E-state index contributed by atoms with van der Waals surface area (Å²) < 4.78 is 41.6. The van der Waals surface area contributed by atoms with Crippen LogP contribution in [0.5, 0.6) is 0 Å². The van der Waals surface area contributed by atoms with Gasteiger partial charge in [0.2, 0.25) is 0 Å². The van der Waals surface area contributed by atoms with Crippen molar-refractivity contribution >= 4 is 5.65 Å². The first-order valence-corrected chi connectivity index (χ1v) is 5.62. The zero-order chi connectivity index (χ0) is 12.8. The highest BCUT2D eigenvalue weighted by atomic mass is 19.4. The number of pyridine rings is 1. The molecule has 1 saturated heterocycles. The van der Waals surface area contributed by atoms with Gasteiger partial charge in [-0.3, -0.25) is 4.40 Å². The highest BCUT2D eigenvalue weighted by Gasteiger charge is 2.60. The number of halogens is 3. The first-order valence-electron chi connectivity index (χ1n) is 5.62. The lowest BCUT2D eigenvalue weighted by Gasteiger charge is -2.28. The Balaban J connectivity index is 2.22. The number of hydrogen-bond acceptors (Lipinski definition) is 3. The van der Waals surface area contributed by atoms with E-state index in [0.29, 0.717) is 12.2 Å². The van der Waals surface area contributed by atoms with Crippen LogP contribution in [-0.4, -0.2) is 33.9 Å². The zero-order valence-corrected chi connectivity index (χ0v) is 9.41. The quantitative estimate of drug-likeness (QED) is 0.841. The van der Waals surface area contributed by atoms with E-state index in [2.05, 4.69) is 15.5 Å². The first kappa shape index (κ1) is 11.5. The predicted molar refractivity (Wildman–Crippen MR) is 58.2 cm³/mol. The van der Waals surface area contributed by atoms with Crippen LogP contribution in [0.3, 0.4) is 0 Å². The number of nitrogens with zero attached hydrogens (tertiary/aromatic N) is 3. The molecule has 0 radical (unpaired) electrons. The molecule has 1 atom stereocenters. The lowest BCUT2D eigenvalue weighted by atomic mass is 9.85. The summed E-state index contributed by atoms with van der Waals surface area (Å²) in [5.74, 6) is -0.0319. The highest BCUT2D eigenvalue weighted by molar-refractivity contribution is 5.39. The van der Waals surface area contributed by atoms with Crippen LogP contribution in [0, 0.1) is 0 Å². The van der Waals surface area contributed by atoms with Gasteiger partial charge in [-0.2, -0.15) is 13.2 Å². The van der Waals surface area contributed by atoms with Crippen molar-refractivity contribution in [3.8, 4) is 0 Å². The molecular formula is C11H11F3N4. The van der Waals surface area contributed by atoms with E-state index in [4.69, 9.17) is 0 Å². The van der Waals surface area contributed by atoms with Gasteiger partial charge in [-0.1, -0.05) is 6.07 Å². The molecule has 0 bridgehead atoms. The third-order valence-electron chi connectivity index (χ3n) is 3.44. The Morgan fingerprint density at radius 3 is 2.78 bits per heavy atom. The third kappa shape index (κ3) is 1.43. The number of hydrogen-bond donors (Lipinski definition) is 1. The second kappa shape index (κ2) is 3.68. The molecule has 2 aromatic heterocycles. The average molecular weight is 256 g/mol. The van der Waals surface area contributed by atoms with Crippen molar-refractivity contribution in [2.24, 2.45) is 0 Å². The maximum atomic E-state index is 13.4. The third-order valence-corrected chi connectivity index (χ3v) is 3.44. The molecule has 0 amide bonds. The van der Waals surface area contributed by atoms with Gasteiger partial charge in [0, 0.05) is 12.7 Å². The fourth-order valence-electron chi connectivity index (χ4n) is 2.42. The molecule has 1 unspecified atom stereocenters. The van der Waals surface area contributed by atoms with Crippen molar-refractivity contribution in [1.29, 1.82) is 0 Å². The molecular weight excluding hydrogens is 245 g/mol. The van der Waals surface area contributed by atoms with Gasteiger partial charge in [-0.05, 0) is 25.1 Å². The van der Waals surface area contributed by atoms with Crippen molar-refractivity contribution in [3.63, 3.8) is 0 Å². The van der Waals surface area contributed by atoms with Crippen molar-refractivity contribution in [2.45, 2.75) is 18.0 Å². The first-order chi connectivity index (χ1) is 8.55. The second-order valence-corrected chi connectivity index (χ2v) is 4.46. The Bertz CT molecular complexity index is 569. The molecule has 0 aliphatic carbocycles. The van der Waals surface area contributed by atoms with Crippen molar-refractivity contribution in [1.82, 2.24) is 19.9 Å². The Labute approximate surface area is 101 Å². The molecule has 0 aromatic carbocycles. The van der Waals surface area contributed by atoms with Gasteiger partial charge < -0.3 is 5.32 Å². The van der Waals surface area contributed by atoms with Crippen LogP contribution >= 0.6 is 0 Å². The van der Waals surface area contributed by atoms with E-state index < -0.39 is 11.6 Å². The molecule has 7 heteroatoms. The minimum absolute atomic E-state index is 0.00775. The van der Waals surface area contributed by atoms with Crippen LogP contribution in [0.15, 0.2) is 24.4 Å². The van der Waals surface area contributed by atoms with E-state index in [1.165, 1.54) is 4.40 Å². The maximum Gasteiger partial charge on any atom is 0.402 e. The number of alkyl halides is 3. The summed E-state index contributed by atoms with van der Waals surface area (Å²) in [6.07, 6.45) is -2.78. The van der Waals surface area contributed by atoms with E-state index in [1.807, 2.05) is 0 Å². The van der Waals surface area contributed by atoms with Gasteiger partial charge >= 0.3 is 6.18 Å². The molecule has 1 N–H and O–H groups in total. The summed E-state index contributed by atoms with van der Waals surface area (Å²) in [4.78, 5) is 0. The SMILES string of the molecule is FC(F)(F)C1(c2nnc3ccccn23)CCNC1. The lowest BCUT2D eigenvalue weighted by Crippen LogP contribution is -2.45. The van der Waals surface area contributed by atoms with Gasteiger partial charge in [0.15, 0.2) is 11.5 Å². The monoisotopic (exact) mass is 256 g/mol. The molecule has 96 valence electrons. The van der Waals surface area contributed by atoms with E-state index >= 15 is 0 Å². The van der Waals surface area contributed by atoms with Crippen LogP contribution in [-0.2, 0) is 5.41 Å². The second-order valence-electron chi connectivity index (χ2n) is 4.46. The number of rotatable bonds is 1. The van der Waals surface area contributed by atoms with Crippen LogP contribution < -0.4 is 5.32 Å². The topological polar surface area (TPSA) is 42.2 Å². The predicted octanol–water partition coefficient (Wildman–Crippen LogP) is 1.52. The van der Waals surface area contributed by atoms with Gasteiger partial charge in [0.25, 0.3) is 0 Å². The standard InChI is InChI=1S/C11H11F3N4/c12-11(13,14)10(4-5-15-7-10)9-17-16-8-3-1-2-6-18(8)9/h1-3,6,15H,4-5,7H2. The fraction of sp³-hybridized carbons (Fsp3) is 0.455. The highest BCUT2D eigenvalue weighted by Crippen LogP contribution is 2.44. The van der Waals surface area contributed by atoms with E-state index in [0.717, 1.165) is 0 Å². The van der Waals surface area contributed by atoms with Gasteiger partial charge in [-0.25, -0.2) is 0 Å².